The summed E-state index contributed by atoms with van der Waals surface area (Å²) in [4.78, 5) is 13.6. The second-order valence-electron chi connectivity index (χ2n) is 8.59. The summed E-state index contributed by atoms with van der Waals surface area (Å²) in [5.74, 6) is 0.394. The highest BCUT2D eigenvalue weighted by Gasteiger charge is 2.29. The zero-order valence-electron chi connectivity index (χ0n) is 18.5. The van der Waals surface area contributed by atoms with Gasteiger partial charge in [0.05, 0.1) is 23.0 Å². The van der Waals surface area contributed by atoms with E-state index in [9.17, 15) is 18.5 Å². The van der Waals surface area contributed by atoms with Gasteiger partial charge in [-0.1, -0.05) is 26.7 Å². The number of likely N-dealkylation sites (tertiary alicyclic amines) is 1. The van der Waals surface area contributed by atoms with Gasteiger partial charge in [0.2, 0.25) is 10.0 Å². The van der Waals surface area contributed by atoms with Gasteiger partial charge in [-0.2, -0.15) is 4.31 Å². The van der Waals surface area contributed by atoms with Crippen LogP contribution >= 0.6 is 0 Å². The largest absolute Gasteiger partial charge is 0.379 e. The Balaban J connectivity index is 1.78. The van der Waals surface area contributed by atoms with E-state index < -0.39 is 14.9 Å². The number of anilines is 1. The lowest BCUT2D eigenvalue weighted by atomic mass is 10.0. The minimum atomic E-state index is -3.79. The predicted molar refractivity (Wildman–Crippen MR) is 120 cm³/mol. The molecule has 10 heteroatoms. The first-order valence-electron chi connectivity index (χ1n) is 11.1. The van der Waals surface area contributed by atoms with Crippen LogP contribution in [0.1, 0.15) is 39.5 Å². The number of nitro groups is 1. The monoisotopic (exact) mass is 454 g/mol. The molecule has 2 heterocycles. The summed E-state index contributed by atoms with van der Waals surface area (Å²) in [5.41, 5.74) is 0.138. The lowest BCUT2D eigenvalue weighted by Crippen LogP contribution is -2.44. The van der Waals surface area contributed by atoms with Crippen LogP contribution in [0.4, 0.5) is 11.4 Å². The normalized spacial score (nSPS) is 20.4. The van der Waals surface area contributed by atoms with Gasteiger partial charge in [-0.15, -0.1) is 0 Å². The number of benzene rings is 1. The van der Waals surface area contributed by atoms with Crippen molar-refractivity contribution in [1.29, 1.82) is 0 Å². The number of nitrogens with zero attached hydrogens (tertiary/aromatic N) is 3. The Morgan fingerprint density at radius 1 is 1.10 bits per heavy atom. The fraction of sp³-hybridized carbons (Fsp3) is 0.714. The standard InChI is InChI=1S/C21H34N4O5S/c1-17(2)21(23-9-5-3-4-6-10-23)16-22-19-8-7-18(15-20(19)25(26)27)31(28,29)24-11-13-30-14-12-24/h7-8,15,17,21-22H,3-6,9-14,16H2,1-2H3/t21-/m1/s1. The van der Waals surface area contributed by atoms with Crippen molar-refractivity contribution in [2.24, 2.45) is 5.92 Å². The number of ether oxygens (including phenoxy) is 1. The van der Waals surface area contributed by atoms with E-state index in [-0.39, 0.29) is 29.7 Å². The number of hydrogen-bond acceptors (Lipinski definition) is 7. The number of nitrogens with one attached hydrogen (secondary N) is 1. The molecule has 2 aliphatic heterocycles. The molecule has 0 unspecified atom stereocenters. The molecule has 0 amide bonds. The van der Waals surface area contributed by atoms with Gasteiger partial charge in [-0.05, 0) is 44.0 Å². The van der Waals surface area contributed by atoms with Crippen molar-refractivity contribution in [2.75, 3.05) is 51.3 Å². The summed E-state index contributed by atoms with van der Waals surface area (Å²) >= 11 is 0. The van der Waals surface area contributed by atoms with Gasteiger partial charge in [0, 0.05) is 31.7 Å². The van der Waals surface area contributed by atoms with Crippen LogP contribution in [0.2, 0.25) is 0 Å². The summed E-state index contributed by atoms with van der Waals surface area (Å²) in [6.07, 6.45) is 4.85. The molecule has 1 N–H and O–H groups in total. The molecule has 1 aromatic carbocycles. The minimum absolute atomic E-state index is 0.0559. The topological polar surface area (TPSA) is 105 Å². The average molecular weight is 455 g/mol. The maximum absolute atomic E-state index is 12.9. The van der Waals surface area contributed by atoms with Crippen molar-refractivity contribution >= 4 is 21.4 Å². The van der Waals surface area contributed by atoms with E-state index >= 15 is 0 Å². The zero-order valence-corrected chi connectivity index (χ0v) is 19.3. The molecule has 0 radical (unpaired) electrons. The summed E-state index contributed by atoms with van der Waals surface area (Å²) in [7, 11) is -3.79. The van der Waals surface area contributed by atoms with Crippen molar-refractivity contribution in [2.45, 2.75) is 50.5 Å². The number of nitro benzene ring substituents is 1. The molecular weight excluding hydrogens is 420 g/mol. The molecule has 0 bridgehead atoms. The van der Waals surface area contributed by atoms with Crippen LogP contribution in [0.15, 0.2) is 23.1 Å². The van der Waals surface area contributed by atoms with Crippen molar-refractivity contribution < 1.29 is 18.1 Å². The fourth-order valence-corrected chi connectivity index (χ4v) is 5.76. The molecule has 2 aliphatic rings. The summed E-state index contributed by atoms with van der Waals surface area (Å²) in [6, 6.07) is 4.40. The molecule has 1 atom stereocenters. The van der Waals surface area contributed by atoms with Gasteiger partial charge < -0.3 is 10.1 Å². The molecule has 0 aliphatic carbocycles. The second kappa shape index (κ2) is 10.7. The van der Waals surface area contributed by atoms with Crippen LogP contribution in [-0.2, 0) is 14.8 Å². The SMILES string of the molecule is CC(C)[C@@H](CNc1ccc(S(=O)(=O)N2CCOCC2)cc1[N+](=O)[O-])N1CCCCCC1. The molecule has 174 valence electrons. The van der Waals surface area contributed by atoms with Crippen LogP contribution in [0, 0.1) is 16.0 Å². The van der Waals surface area contributed by atoms with Crippen molar-refractivity contribution in [3.05, 3.63) is 28.3 Å². The highest BCUT2D eigenvalue weighted by molar-refractivity contribution is 7.89. The number of morpholine rings is 1. The van der Waals surface area contributed by atoms with Crippen molar-refractivity contribution in [3.8, 4) is 0 Å². The minimum Gasteiger partial charge on any atom is -0.379 e. The quantitative estimate of drug-likeness (QED) is 0.476. The Hall–Kier alpha value is -1.75. The van der Waals surface area contributed by atoms with E-state index in [1.54, 1.807) is 0 Å². The Bertz CT molecular complexity index is 847. The fourth-order valence-electron chi connectivity index (χ4n) is 4.34. The highest BCUT2D eigenvalue weighted by Crippen LogP contribution is 2.30. The summed E-state index contributed by atoms with van der Waals surface area (Å²) in [6.45, 7) is 8.17. The number of rotatable bonds is 8. The third-order valence-corrected chi connectivity index (χ3v) is 8.05. The van der Waals surface area contributed by atoms with Crippen LogP contribution < -0.4 is 5.32 Å². The van der Waals surface area contributed by atoms with Crippen LogP contribution in [0.3, 0.4) is 0 Å². The smallest absolute Gasteiger partial charge is 0.293 e. The molecule has 2 saturated heterocycles. The molecule has 9 nitrogen and oxygen atoms in total. The maximum Gasteiger partial charge on any atom is 0.293 e. The zero-order chi connectivity index (χ0) is 22.4. The molecule has 31 heavy (non-hydrogen) atoms. The predicted octanol–water partition coefficient (Wildman–Crippen LogP) is 2.93. The highest BCUT2D eigenvalue weighted by atomic mass is 32.2. The lowest BCUT2D eigenvalue weighted by molar-refractivity contribution is -0.384. The second-order valence-corrected chi connectivity index (χ2v) is 10.5. The van der Waals surface area contributed by atoms with Crippen LogP contribution in [0.25, 0.3) is 0 Å². The van der Waals surface area contributed by atoms with Crippen LogP contribution in [0.5, 0.6) is 0 Å². The third kappa shape index (κ3) is 5.94. The molecular formula is C21H34N4O5S. The molecule has 0 saturated carbocycles. The first kappa shape index (κ1) is 23.9. The van der Waals surface area contributed by atoms with Gasteiger partial charge in [-0.3, -0.25) is 15.0 Å². The number of sulfonamides is 1. The van der Waals surface area contributed by atoms with E-state index in [0.717, 1.165) is 13.1 Å². The Morgan fingerprint density at radius 3 is 2.32 bits per heavy atom. The molecule has 3 rings (SSSR count). The Labute approximate surface area is 184 Å². The summed E-state index contributed by atoms with van der Waals surface area (Å²) < 4.78 is 32.3. The first-order valence-corrected chi connectivity index (χ1v) is 12.6. The molecule has 2 fully saturated rings. The van der Waals surface area contributed by atoms with E-state index in [1.165, 1.54) is 48.2 Å². The van der Waals surface area contributed by atoms with E-state index in [1.807, 2.05) is 0 Å². The molecule has 1 aromatic rings. The van der Waals surface area contributed by atoms with E-state index in [2.05, 4.69) is 24.1 Å². The van der Waals surface area contributed by atoms with Gasteiger partial charge in [0.1, 0.15) is 5.69 Å². The van der Waals surface area contributed by atoms with Gasteiger partial charge in [-0.25, -0.2) is 8.42 Å². The summed E-state index contributed by atoms with van der Waals surface area (Å²) in [5, 5.41) is 15.0. The molecule has 0 aromatic heterocycles. The first-order chi connectivity index (χ1) is 14.8. The Kier molecular flexibility index (Phi) is 8.26. The van der Waals surface area contributed by atoms with E-state index in [0.29, 0.717) is 31.4 Å². The van der Waals surface area contributed by atoms with Crippen LogP contribution in [-0.4, -0.2) is 74.5 Å². The maximum atomic E-state index is 12.9. The van der Waals surface area contributed by atoms with E-state index in [4.69, 9.17) is 4.74 Å². The Morgan fingerprint density at radius 2 is 1.74 bits per heavy atom. The lowest BCUT2D eigenvalue weighted by Gasteiger charge is -2.34. The molecule has 0 spiro atoms. The third-order valence-electron chi connectivity index (χ3n) is 6.15. The number of hydrogen-bond donors (Lipinski definition) is 1. The average Bonchev–Trinajstić information content (AvgIpc) is 3.03. The van der Waals surface area contributed by atoms with Crippen molar-refractivity contribution in [3.63, 3.8) is 0 Å². The van der Waals surface area contributed by atoms with Gasteiger partial charge >= 0.3 is 0 Å². The van der Waals surface area contributed by atoms with Gasteiger partial charge in [0.25, 0.3) is 5.69 Å². The van der Waals surface area contributed by atoms with Crippen molar-refractivity contribution in [1.82, 2.24) is 9.21 Å². The van der Waals surface area contributed by atoms with Gasteiger partial charge in [0.15, 0.2) is 0 Å².